The first-order valence-corrected chi connectivity index (χ1v) is 7.57. The minimum Gasteiger partial charge on any atom is -0.477 e. The van der Waals surface area contributed by atoms with Gasteiger partial charge in [-0.1, -0.05) is 0 Å². The molecular formula is C11H16N2O6S. The zero-order valence-corrected chi connectivity index (χ0v) is 11.4. The smallest absolute Gasteiger partial charge is 0.352 e. The van der Waals surface area contributed by atoms with Gasteiger partial charge in [-0.3, -0.25) is 0 Å². The van der Waals surface area contributed by atoms with Crippen molar-refractivity contribution in [3.63, 3.8) is 0 Å². The van der Waals surface area contributed by atoms with Gasteiger partial charge in [-0.05, 0) is 18.9 Å². The number of hydrogen-bond acceptors (Lipinski definition) is 5. The van der Waals surface area contributed by atoms with Crippen LogP contribution < -0.4 is 4.72 Å². The van der Waals surface area contributed by atoms with E-state index in [9.17, 15) is 13.2 Å². The van der Waals surface area contributed by atoms with Crippen LogP contribution in [0, 0.1) is 0 Å². The van der Waals surface area contributed by atoms with Crippen LogP contribution in [0.2, 0.25) is 0 Å². The van der Waals surface area contributed by atoms with Crippen LogP contribution in [0.5, 0.6) is 0 Å². The number of carboxylic acids is 1. The summed E-state index contributed by atoms with van der Waals surface area (Å²) in [6.07, 6.45) is 1.74. The van der Waals surface area contributed by atoms with Crippen LogP contribution in [-0.4, -0.2) is 53.5 Å². The number of carbonyl (C=O) groups is 1. The zero-order chi connectivity index (χ0) is 14.9. The second-order valence-corrected chi connectivity index (χ2v) is 6.46. The van der Waals surface area contributed by atoms with Crippen molar-refractivity contribution >= 4 is 16.0 Å². The van der Waals surface area contributed by atoms with E-state index in [0.717, 1.165) is 18.9 Å². The number of aliphatic hydroxyl groups excluding tert-OH is 2. The van der Waals surface area contributed by atoms with E-state index in [1.54, 1.807) is 0 Å². The lowest BCUT2D eigenvalue weighted by atomic mass is 10.4. The van der Waals surface area contributed by atoms with Gasteiger partial charge in [0.2, 0.25) is 10.0 Å². The van der Waals surface area contributed by atoms with Crippen LogP contribution in [0.3, 0.4) is 0 Å². The Labute approximate surface area is 115 Å². The van der Waals surface area contributed by atoms with Crippen molar-refractivity contribution in [2.45, 2.75) is 29.9 Å². The molecule has 1 aromatic heterocycles. The first kappa shape index (κ1) is 15.0. The van der Waals surface area contributed by atoms with Gasteiger partial charge in [-0.2, -0.15) is 0 Å². The highest BCUT2D eigenvalue weighted by Crippen LogP contribution is 2.37. The summed E-state index contributed by atoms with van der Waals surface area (Å²) >= 11 is 0. The fourth-order valence-corrected chi connectivity index (χ4v) is 2.88. The number of aromatic nitrogens is 1. The van der Waals surface area contributed by atoms with Crippen molar-refractivity contribution in [1.29, 1.82) is 0 Å². The molecule has 20 heavy (non-hydrogen) atoms. The molecule has 1 aromatic rings. The number of hydrogen-bond donors (Lipinski definition) is 4. The molecule has 1 aliphatic rings. The minimum absolute atomic E-state index is 0.0353. The fourth-order valence-electron chi connectivity index (χ4n) is 1.78. The molecule has 1 unspecified atom stereocenters. The van der Waals surface area contributed by atoms with Crippen molar-refractivity contribution in [1.82, 2.24) is 9.29 Å². The number of nitrogens with one attached hydrogen (secondary N) is 1. The number of carboxylic acid groups (broad SMARTS) is 1. The summed E-state index contributed by atoms with van der Waals surface area (Å²) in [5, 5.41) is 26.8. The molecule has 8 nitrogen and oxygen atoms in total. The number of nitrogens with zero attached hydrogens (tertiary/aromatic N) is 1. The Balaban J connectivity index is 2.23. The molecule has 2 rings (SSSR count). The maximum absolute atomic E-state index is 12.0. The Bertz CT molecular complexity index is 604. The third-order valence-corrected chi connectivity index (χ3v) is 4.40. The molecule has 1 heterocycles. The highest BCUT2D eigenvalue weighted by Gasteiger charge is 2.30. The monoisotopic (exact) mass is 304 g/mol. The molecule has 1 saturated carbocycles. The van der Waals surface area contributed by atoms with E-state index in [4.69, 9.17) is 15.3 Å². The standard InChI is InChI=1S/C11H16N2O6S/c14-6-8(15)4-12-20(18,19)9-3-10(11(16)17)13(5-9)7-1-2-7/h3,5,7-8,12,14-15H,1-2,4,6H2,(H,16,17). The summed E-state index contributed by atoms with van der Waals surface area (Å²) < 4.78 is 27.5. The van der Waals surface area contributed by atoms with Gasteiger partial charge in [0.15, 0.2) is 0 Å². The van der Waals surface area contributed by atoms with E-state index in [0.29, 0.717) is 0 Å². The van der Waals surface area contributed by atoms with E-state index in [2.05, 4.69) is 4.72 Å². The lowest BCUT2D eigenvalue weighted by molar-refractivity contribution is 0.0685. The van der Waals surface area contributed by atoms with Gasteiger partial charge in [0.1, 0.15) is 10.6 Å². The summed E-state index contributed by atoms with van der Waals surface area (Å²) in [6.45, 7) is -0.901. The minimum atomic E-state index is -3.91. The van der Waals surface area contributed by atoms with Crippen molar-refractivity contribution in [2.24, 2.45) is 0 Å². The highest BCUT2D eigenvalue weighted by molar-refractivity contribution is 7.89. The molecule has 4 N–H and O–H groups in total. The Hall–Kier alpha value is -1.42. The predicted octanol–water partition coefficient (Wildman–Crippen LogP) is -0.847. The van der Waals surface area contributed by atoms with Gasteiger partial charge in [0.25, 0.3) is 0 Å². The van der Waals surface area contributed by atoms with Gasteiger partial charge < -0.3 is 19.9 Å². The van der Waals surface area contributed by atoms with E-state index in [-0.39, 0.29) is 23.2 Å². The molecule has 0 amide bonds. The first-order valence-electron chi connectivity index (χ1n) is 6.09. The molecule has 0 saturated heterocycles. The maximum atomic E-state index is 12.0. The molecule has 0 radical (unpaired) electrons. The molecule has 112 valence electrons. The molecule has 0 aliphatic heterocycles. The summed E-state index contributed by atoms with van der Waals surface area (Å²) in [6, 6.07) is 1.13. The third kappa shape index (κ3) is 3.18. The summed E-state index contributed by atoms with van der Waals surface area (Å²) in [7, 11) is -3.91. The van der Waals surface area contributed by atoms with E-state index >= 15 is 0 Å². The van der Waals surface area contributed by atoms with Gasteiger partial charge in [-0.25, -0.2) is 17.9 Å². The molecular weight excluding hydrogens is 288 g/mol. The largest absolute Gasteiger partial charge is 0.477 e. The van der Waals surface area contributed by atoms with E-state index in [1.165, 1.54) is 10.8 Å². The second-order valence-electron chi connectivity index (χ2n) is 4.69. The number of rotatable bonds is 7. The molecule has 0 bridgehead atoms. The van der Waals surface area contributed by atoms with Crippen molar-refractivity contribution in [3.8, 4) is 0 Å². The number of aromatic carboxylic acids is 1. The van der Waals surface area contributed by atoms with Crippen LogP contribution in [0.25, 0.3) is 0 Å². The molecule has 0 aromatic carbocycles. The topological polar surface area (TPSA) is 129 Å². The number of aliphatic hydroxyl groups is 2. The predicted molar refractivity (Wildman–Crippen MR) is 67.9 cm³/mol. The Kier molecular flexibility index (Phi) is 4.14. The SMILES string of the molecule is O=C(O)c1cc(S(=O)(=O)NCC(O)CO)cn1C1CC1. The van der Waals surface area contributed by atoms with E-state index < -0.39 is 28.7 Å². The first-order chi connectivity index (χ1) is 9.35. The van der Waals surface area contributed by atoms with Gasteiger partial charge in [0, 0.05) is 18.8 Å². The summed E-state index contributed by atoms with van der Waals surface area (Å²) in [5.74, 6) is -1.19. The van der Waals surface area contributed by atoms with Gasteiger partial charge >= 0.3 is 5.97 Å². The third-order valence-electron chi connectivity index (χ3n) is 3.01. The quantitative estimate of drug-likeness (QED) is 0.519. The molecule has 1 atom stereocenters. The lowest BCUT2D eigenvalue weighted by Gasteiger charge is -2.08. The van der Waals surface area contributed by atoms with Crippen molar-refractivity contribution in [3.05, 3.63) is 18.0 Å². The average Bonchev–Trinajstić information content (AvgIpc) is 3.13. The van der Waals surface area contributed by atoms with Crippen LogP contribution in [0.15, 0.2) is 17.2 Å². The summed E-state index contributed by atoms with van der Waals surface area (Å²) in [5.41, 5.74) is -0.0735. The lowest BCUT2D eigenvalue weighted by Crippen LogP contribution is -2.33. The number of sulfonamides is 1. The fraction of sp³-hybridized carbons (Fsp3) is 0.545. The molecule has 9 heteroatoms. The maximum Gasteiger partial charge on any atom is 0.352 e. The molecule has 1 fully saturated rings. The zero-order valence-electron chi connectivity index (χ0n) is 10.6. The van der Waals surface area contributed by atoms with Crippen LogP contribution in [0.4, 0.5) is 0 Å². The van der Waals surface area contributed by atoms with E-state index in [1.807, 2.05) is 0 Å². The Morgan fingerprint density at radius 2 is 2.15 bits per heavy atom. The highest BCUT2D eigenvalue weighted by atomic mass is 32.2. The van der Waals surface area contributed by atoms with Crippen LogP contribution in [0.1, 0.15) is 29.4 Å². The van der Waals surface area contributed by atoms with Crippen molar-refractivity contribution in [2.75, 3.05) is 13.2 Å². The summed E-state index contributed by atoms with van der Waals surface area (Å²) in [4.78, 5) is 10.9. The van der Waals surface area contributed by atoms with Crippen LogP contribution in [-0.2, 0) is 10.0 Å². The normalized spacial score (nSPS) is 17.1. The molecule has 1 aliphatic carbocycles. The van der Waals surface area contributed by atoms with Gasteiger partial charge in [0.05, 0.1) is 12.7 Å². The van der Waals surface area contributed by atoms with Crippen molar-refractivity contribution < 1.29 is 28.5 Å². The average molecular weight is 304 g/mol. The Morgan fingerprint density at radius 3 is 2.65 bits per heavy atom. The Morgan fingerprint density at radius 1 is 1.50 bits per heavy atom. The second kappa shape index (κ2) is 5.52. The van der Waals surface area contributed by atoms with Crippen LogP contribution >= 0.6 is 0 Å². The molecule has 0 spiro atoms. The van der Waals surface area contributed by atoms with Gasteiger partial charge in [-0.15, -0.1) is 0 Å².